The third kappa shape index (κ3) is 5.48. The number of sulfone groups is 1. The summed E-state index contributed by atoms with van der Waals surface area (Å²) in [6, 6.07) is 6.40. The Hall–Kier alpha value is -1.66. The highest BCUT2D eigenvalue weighted by atomic mass is 32.2. The van der Waals surface area contributed by atoms with E-state index in [2.05, 4.69) is 6.58 Å². The van der Waals surface area contributed by atoms with Crippen LogP contribution in [0.15, 0.2) is 41.8 Å². The van der Waals surface area contributed by atoms with Crippen molar-refractivity contribution < 1.29 is 17.9 Å². The van der Waals surface area contributed by atoms with Crippen molar-refractivity contribution in [2.45, 2.75) is 37.3 Å². The number of rotatable bonds is 8. The summed E-state index contributed by atoms with van der Waals surface area (Å²) in [5, 5.41) is 0. The zero-order valence-corrected chi connectivity index (χ0v) is 15.0. The molecule has 0 spiro atoms. The molecule has 0 saturated heterocycles. The molecule has 2 atom stereocenters. The molecule has 0 heterocycles. The Morgan fingerprint density at radius 3 is 2.35 bits per heavy atom. The van der Waals surface area contributed by atoms with Crippen LogP contribution in [0.25, 0.3) is 0 Å². The molecule has 0 N–H and O–H groups in total. The average molecular weight is 339 g/mol. The molecular formula is C17H25NO4S. The van der Waals surface area contributed by atoms with E-state index in [9.17, 15) is 13.2 Å². The van der Waals surface area contributed by atoms with Gasteiger partial charge in [0.05, 0.1) is 17.5 Å². The fourth-order valence-electron chi connectivity index (χ4n) is 2.09. The Balaban J connectivity index is 2.77. The van der Waals surface area contributed by atoms with E-state index >= 15 is 0 Å². The topological polar surface area (TPSA) is 63.7 Å². The molecule has 1 amide bonds. The molecule has 0 radical (unpaired) electrons. The molecule has 23 heavy (non-hydrogen) atoms. The first kappa shape index (κ1) is 19.4. The number of likely N-dealkylation sites (N-methyl/N-ethyl adjacent to an activating group) is 1. The number of ether oxygens (including phenoxy) is 1. The summed E-state index contributed by atoms with van der Waals surface area (Å²) in [7, 11) is -1.50. The van der Waals surface area contributed by atoms with Crippen LogP contribution in [0.2, 0.25) is 0 Å². The van der Waals surface area contributed by atoms with Gasteiger partial charge in [-0.05, 0) is 38.0 Å². The first-order valence-corrected chi connectivity index (χ1v) is 9.36. The number of hydrogen-bond donors (Lipinski definition) is 0. The molecule has 1 aromatic carbocycles. The van der Waals surface area contributed by atoms with E-state index in [0.717, 1.165) is 5.56 Å². The van der Waals surface area contributed by atoms with E-state index in [1.165, 1.54) is 6.26 Å². The van der Waals surface area contributed by atoms with E-state index in [1.807, 2.05) is 6.92 Å². The van der Waals surface area contributed by atoms with Crippen molar-refractivity contribution in [2.24, 2.45) is 0 Å². The van der Waals surface area contributed by atoms with Gasteiger partial charge in [0.25, 0.3) is 5.91 Å². The van der Waals surface area contributed by atoms with Gasteiger partial charge in [0, 0.05) is 13.3 Å². The summed E-state index contributed by atoms with van der Waals surface area (Å²) >= 11 is 0. The fraction of sp³-hybridized carbons (Fsp3) is 0.471. The maximum Gasteiger partial charge on any atom is 0.251 e. The first-order valence-electron chi connectivity index (χ1n) is 7.47. The normalized spacial score (nSPS) is 14.1. The molecule has 0 aliphatic heterocycles. The molecule has 0 fully saturated rings. The lowest BCUT2D eigenvalue weighted by atomic mass is 10.1. The highest BCUT2D eigenvalue weighted by Crippen LogP contribution is 2.21. The zero-order valence-electron chi connectivity index (χ0n) is 14.2. The second kappa shape index (κ2) is 8.26. The van der Waals surface area contributed by atoms with Crippen molar-refractivity contribution in [1.29, 1.82) is 0 Å². The van der Waals surface area contributed by atoms with Crippen molar-refractivity contribution in [3.63, 3.8) is 0 Å². The predicted molar refractivity (Wildman–Crippen MR) is 91.0 cm³/mol. The average Bonchev–Trinajstić information content (AvgIpc) is 2.52. The van der Waals surface area contributed by atoms with Crippen LogP contribution in [0.3, 0.4) is 0 Å². The van der Waals surface area contributed by atoms with E-state index < -0.39 is 15.9 Å². The summed E-state index contributed by atoms with van der Waals surface area (Å²) < 4.78 is 28.4. The SMILES string of the molecule is C=CCCOC(C)C(=O)N(C)C(C)c1ccc(S(C)(=O)=O)cc1. The summed E-state index contributed by atoms with van der Waals surface area (Å²) in [6.45, 7) is 7.69. The van der Waals surface area contributed by atoms with Crippen LogP contribution >= 0.6 is 0 Å². The highest BCUT2D eigenvalue weighted by molar-refractivity contribution is 7.90. The van der Waals surface area contributed by atoms with Crippen LogP contribution in [0.4, 0.5) is 0 Å². The largest absolute Gasteiger partial charge is 0.368 e. The van der Waals surface area contributed by atoms with Crippen LogP contribution in [0.5, 0.6) is 0 Å². The summed E-state index contributed by atoms with van der Waals surface area (Å²) in [6.07, 6.45) is 3.08. The van der Waals surface area contributed by atoms with Crippen molar-refractivity contribution in [2.75, 3.05) is 19.9 Å². The monoisotopic (exact) mass is 339 g/mol. The van der Waals surface area contributed by atoms with Crippen molar-refractivity contribution in [1.82, 2.24) is 4.90 Å². The quantitative estimate of drug-likeness (QED) is 0.539. The predicted octanol–water partition coefficient (Wildman–Crippen LogP) is 2.59. The zero-order chi connectivity index (χ0) is 17.6. The molecule has 1 rings (SSSR count). The van der Waals surface area contributed by atoms with E-state index in [-0.39, 0.29) is 16.8 Å². The number of nitrogens with zero attached hydrogens (tertiary/aromatic N) is 1. The third-order valence-corrected chi connectivity index (χ3v) is 4.89. The second-order valence-corrected chi connectivity index (χ2v) is 7.57. The van der Waals surface area contributed by atoms with Crippen LogP contribution in [-0.4, -0.2) is 45.2 Å². The Kier molecular flexibility index (Phi) is 6.97. The van der Waals surface area contributed by atoms with Gasteiger partial charge in [0.2, 0.25) is 0 Å². The number of hydrogen-bond acceptors (Lipinski definition) is 4. The standard InChI is InChI=1S/C17H25NO4S/c1-6-7-12-22-14(3)17(19)18(4)13(2)15-8-10-16(11-9-15)23(5,20)21/h6,8-11,13-14H,1,7,12H2,2-5H3. The number of carbonyl (C=O) groups excluding carboxylic acids is 1. The minimum absolute atomic E-state index is 0.117. The first-order chi connectivity index (χ1) is 10.7. The molecule has 0 aliphatic rings. The molecule has 0 saturated carbocycles. The molecule has 128 valence electrons. The highest BCUT2D eigenvalue weighted by Gasteiger charge is 2.23. The fourth-order valence-corrected chi connectivity index (χ4v) is 2.72. The van der Waals surface area contributed by atoms with Gasteiger partial charge in [-0.2, -0.15) is 0 Å². The van der Waals surface area contributed by atoms with Gasteiger partial charge >= 0.3 is 0 Å². The van der Waals surface area contributed by atoms with Gasteiger partial charge in [0.1, 0.15) is 6.10 Å². The Morgan fingerprint density at radius 1 is 1.30 bits per heavy atom. The lowest BCUT2D eigenvalue weighted by Crippen LogP contribution is -2.38. The lowest BCUT2D eigenvalue weighted by molar-refractivity contribution is -0.143. The van der Waals surface area contributed by atoms with Crippen LogP contribution in [-0.2, 0) is 19.4 Å². The van der Waals surface area contributed by atoms with Gasteiger partial charge < -0.3 is 9.64 Å². The Bertz CT molecular complexity index is 637. The van der Waals surface area contributed by atoms with Crippen LogP contribution < -0.4 is 0 Å². The van der Waals surface area contributed by atoms with Gasteiger partial charge in [-0.15, -0.1) is 6.58 Å². The molecule has 5 nitrogen and oxygen atoms in total. The summed E-state index contributed by atoms with van der Waals surface area (Å²) in [5.41, 5.74) is 0.867. The maximum absolute atomic E-state index is 12.4. The number of amides is 1. The molecule has 0 aliphatic carbocycles. The van der Waals surface area contributed by atoms with Crippen LogP contribution in [0.1, 0.15) is 31.9 Å². The minimum atomic E-state index is -3.22. The molecular weight excluding hydrogens is 314 g/mol. The molecule has 2 unspecified atom stereocenters. The van der Waals surface area contributed by atoms with E-state index in [0.29, 0.717) is 13.0 Å². The third-order valence-electron chi connectivity index (χ3n) is 3.76. The maximum atomic E-state index is 12.4. The van der Waals surface area contributed by atoms with E-state index in [1.54, 1.807) is 49.2 Å². The molecule has 0 aromatic heterocycles. The van der Waals surface area contributed by atoms with Crippen molar-refractivity contribution in [3.8, 4) is 0 Å². The van der Waals surface area contributed by atoms with E-state index in [4.69, 9.17) is 4.74 Å². The smallest absolute Gasteiger partial charge is 0.251 e. The minimum Gasteiger partial charge on any atom is -0.368 e. The Morgan fingerprint density at radius 2 is 1.87 bits per heavy atom. The number of carbonyl (C=O) groups is 1. The van der Waals surface area contributed by atoms with Gasteiger partial charge in [-0.25, -0.2) is 8.42 Å². The van der Waals surface area contributed by atoms with Gasteiger partial charge in [0.15, 0.2) is 9.84 Å². The number of benzene rings is 1. The summed E-state index contributed by atoms with van der Waals surface area (Å²) in [5.74, 6) is -0.117. The summed E-state index contributed by atoms with van der Waals surface area (Å²) in [4.78, 5) is 14.2. The molecule has 1 aromatic rings. The molecule has 0 bridgehead atoms. The van der Waals surface area contributed by atoms with Gasteiger partial charge in [-0.1, -0.05) is 18.2 Å². The second-order valence-electron chi connectivity index (χ2n) is 5.56. The van der Waals surface area contributed by atoms with Crippen LogP contribution in [0, 0.1) is 0 Å². The molecule has 6 heteroatoms. The van der Waals surface area contributed by atoms with Gasteiger partial charge in [-0.3, -0.25) is 4.79 Å². The Labute approximate surface area is 138 Å². The lowest BCUT2D eigenvalue weighted by Gasteiger charge is -2.28. The van der Waals surface area contributed by atoms with Crippen molar-refractivity contribution >= 4 is 15.7 Å². The van der Waals surface area contributed by atoms with Crippen molar-refractivity contribution in [3.05, 3.63) is 42.5 Å².